The summed E-state index contributed by atoms with van der Waals surface area (Å²) < 4.78 is 47.5. The second-order valence-corrected chi connectivity index (χ2v) is 11.3. The minimum absolute atomic E-state index is 0.213. The van der Waals surface area contributed by atoms with E-state index in [1.54, 1.807) is 13.0 Å². The summed E-state index contributed by atoms with van der Waals surface area (Å²) in [6.45, 7) is 1.73. The van der Waals surface area contributed by atoms with Crippen molar-refractivity contribution in [3.63, 3.8) is 0 Å². The van der Waals surface area contributed by atoms with Gasteiger partial charge in [0.1, 0.15) is 11.4 Å². The Kier molecular flexibility index (Phi) is 8.13. The number of amides is 1. The van der Waals surface area contributed by atoms with Crippen LogP contribution in [0.3, 0.4) is 0 Å². The fourth-order valence-electron chi connectivity index (χ4n) is 6.17. The van der Waals surface area contributed by atoms with Gasteiger partial charge in [0.15, 0.2) is 12.1 Å². The average Bonchev–Trinajstić information content (AvgIpc) is 3.61. The minimum atomic E-state index is -4.77. The van der Waals surface area contributed by atoms with Gasteiger partial charge < -0.3 is 20.5 Å². The number of carbonyl (C=O) groups excluding carboxylic acids is 1. The molecule has 234 valence electrons. The summed E-state index contributed by atoms with van der Waals surface area (Å²) in [6, 6.07) is 24.1. The highest BCUT2D eigenvalue weighted by Gasteiger charge is 2.42. The van der Waals surface area contributed by atoms with Crippen LogP contribution in [0.15, 0.2) is 95.7 Å². The summed E-state index contributed by atoms with van der Waals surface area (Å²) in [5.74, 6) is 1.72. The van der Waals surface area contributed by atoms with Crippen molar-refractivity contribution in [2.24, 2.45) is 10.7 Å². The van der Waals surface area contributed by atoms with Gasteiger partial charge in [-0.2, -0.15) is 0 Å². The second kappa shape index (κ2) is 12.2. The van der Waals surface area contributed by atoms with Gasteiger partial charge in [-0.25, -0.2) is 9.98 Å². The molecule has 3 aliphatic rings. The van der Waals surface area contributed by atoms with Gasteiger partial charge >= 0.3 is 6.36 Å². The summed E-state index contributed by atoms with van der Waals surface area (Å²) in [6.07, 6.45) is 0.953. The van der Waals surface area contributed by atoms with Crippen molar-refractivity contribution in [2.75, 3.05) is 10.6 Å². The third kappa shape index (κ3) is 6.74. The largest absolute Gasteiger partial charge is 0.573 e. The van der Waals surface area contributed by atoms with E-state index in [9.17, 15) is 18.0 Å². The second-order valence-electron chi connectivity index (χ2n) is 11.3. The van der Waals surface area contributed by atoms with E-state index in [0.29, 0.717) is 24.1 Å². The normalized spacial score (nSPS) is 22.2. The van der Waals surface area contributed by atoms with E-state index in [1.165, 1.54) is 17.7 Å². The van der Waals surface area contributed by atoms with Crippen LogP contribution in [0.25, 0.3) is 11.0 Å². The molecular weight excluding hydrogens is 585 g/mol. The smallest absolute Gasteiger partial charge is 0.485 e. The lowest BCUT2D eigenvalue weighted by molar-refractivity contribution is -0.274. The maximum Gasteiger partial charge on any atom is 0.573 e. The van der Waals surface area contributed by atoms with Crippen LogP contribution in [0.1, 0.15) is 50.5 Å². The molecule has 1 unspecified atom stereocenters. The molecule has 7 rings (SSSR count). The molecule has 0 saturated heterocycles. The molecule has 1 saturated carbocycles. The molecule has 3 aromatic carbocycles. The fourth-order valence-corrected chi connectivity index (χ4v) is 6.17. The summed E-state index contributed by atoms with van der Waals surface area (Å²) in [5.41, 5.74) is 9.55. The Bertz CT molecular complexity index is 1740. The van der Waals surface area contributed by atoms with E-state index >= 15 is 0 Å². The molecule has 1 fully saturated rings. The summed E-state index contributed by atoms with van der Waals surface area (Å²) in [4.78, 5) is 21.4. The molecule has 1 amide bonds. The molecule has 3 heterocycles. The zero-order chi connectivity index (χ0) is 31.6. The maximum absolute atomic E-state index is 12.1. The monoisotopic (exact) mass is 618 g/mol. The number of guanidine groups is 1. The number of aromatic nitrogens is 2. The Hall–Kier alpha value is -5.00. The van der Waals surface area contributed by atoms with Crippen LogP contribution in [-0.2, 0) is 15.2 Å². The number of benzene rings is 3. The molecule has 1 spiro atoms. The first-order valence-corrected chi connectivity index (χ1v) is 14.7. The number of carbonyl (C=O) groups is 1. The van der Waals surface area contributed by atoms with E-state index in [0.717, 1.165) is 54.8 Å². The molecule has 45 heavy (non-hydrogen) atoms. The van der Waals surface area contributed by atoms with Gasteiger partial charge in [0.2, 0.25) is 5.95 Å². The highest BCUT2D eigenvalue weighted by Crippen LogP contribution is 2.46. The highest BCUT2D eigenvalue weighted by molar-refractivity contribution is 5.95. The Labute approximate surface area is 257 Å². The lowest BCUT2D eigenvalue weighted by atomic mass is 9.78. The van der Waals surface area contributed by atoms with E-state index in [-0.39, 0.29) is 11.4 Å². The maximum atomic E-state index is 12.1. The fraction of sp³-hybridized carbons (Fsp3) is 0.303. The molecule has 2 aliphatic heterocycles. The number of nitrogens with one attached hydrogen (secondary N) is 2. The van der Waals surface area contributed by atoms with E-state index in [1.807, 2.05) is 12.1 Å². The van der Waals surface area contributed by atoms with Gasteiger partial charge in [0.25, 0.3) is 5.91 Å². The molecule has 0 bridgehead atoms. The molecule has 4 N–H and O–H groups in total. The van der Waals surface area contributed by atoms with Gasteiger partial charge in [0.05, 0.1) is 16.8 Å². The van der Waals surface area contributed by atoms with Gasteiger partial charge in [-0.15, -0.1) is 13.2 Å². The lowest BCUT2D eigenvalue weighted by Crippen LogP contribution is -2.44. The number of fused-ring (bicyclic) bond motifs is 4. The van der Waals surface area contributed by atoms with Crippen LogP contribution in [0.4, 0.5) is 24.8 Å². The molecule has 12 heteroatoms. The number of anilines is 2. The van der Waals surface area contributed by atoms with Crippen molar-refractivity contribution < 1.29 is 27.4 Å². The molecule has 0 radical (unpaired) electrons. The van der Waals surface area contributed by atoms with E-state index in [2.05, 4.69) is 62.4 Å². The number of alkyl halides is 3. The number of rotatable bonds is 4. The molecule has 1 aromatic heterocycles. The number of aliphatic imine (C=N–C) groups is 1. The molecular formula is C33H33F3N6O3. The minimum Gasteiger partial charge on any atom is -0.485 e. The zero-order valence-corrected chi connectivity index (χ0v) is 24.6. The van der Waals surface area contributed by atoms with E-state index < -0.39 is 24.1 Å². The number of hydrogen-bond donors (Lipinski definition) is 3. The van der Waals surface area contributed by atoms with Crippen molar-refractivity contribution in [1.82, 2.24) is 9.55 Å². The van der Waals surface area contributed by atoms with Crippen molar-refractivity contribution in [3.05, 3.63) is 96.3 Å². The van der Waals surface area contributed by atoms with Crippen LogP contribution in [0.2, 0.25) is 0 Å². The molecule has 1 atom stereocenters. The molecule has 1 aliphatic carbocycles. The standard InChI is InChI=1S/C20H21N5.C13H12F3NO3/c21-18-23-19-22-16-8-4-5-9-17(16)25(19)20(24-18)12-10-15(11-13-20)14-6-2-1-3-7-14;1-8-5-6-11(19-8)12(18)17-9-3-2-4-10(7-9)20-13(14,15)16/h1-9,15H,10-13H2,(H3,21,22,23,24);2-5,7,11H,6H2,1H3,(H,17,18). The number of nitrogens with zero attached hydrogens (tertiary/aromatic N) is 3. The summed E-state index contributed by atoms with van der Waals surface area (Å²) >= 11 is 0. The Balaban J connectivity index is 0.000000164. The van der Waals surface area contributed by atoms with Crippen LogP contribution in [0.5, 0.6) is 5.75 Å². The molecule has 9 nitrogen and oxygen atoms in total. The Morgan fingerprint density at radius 3 is 2.51 bits per heavy atom. The van der Waals surface area contributed by atoms with Gasteiger partial charge in [-0.3, -0.25) is 14.7 Å². The quantitative estimate of drug-likeness (QED) is 0.227. The van der Waals surface area contributed by atoms with Gasteiger partial charge in [-0.05, 0) is 74.4 Å². The molecule has 4 aromatic rings. The van der Waals surface area contributed by atoms with Crippen molar-refractivity contribution in [2.45, 2.75) is 63.1 Å². The average molecular weight is 619 g/mol. The zero-order valence-electron chi connectivity index (χ0n) is 24.6. The van der Waals surface area contributed by atoms with Crippen molar-refractivity contribution >= 4 is 34.5 Å². The third-order valence-corrected chi connectivity index (χ3v) is 8.18. The summed E-state index contributed by atoms with van der Waals surface area (Å²) in [5, 5.41) is 5.63. The highest BCUT2D eigenvalue weighted by atomic mass is 19.4. The van der Waals surface area contributed by atoms with Crippen LogP contribution in [0, 0.1) is 0 Å². The van der Waals surface area contributed by atoms with Gasteiger partial charge in [-0.1, -0.05) is 48.5 Å². The van der Waals surface area contributed by atoms with Crippen molar-refractivity contribution in [1.29, 1.82) is 0 Å². The van der Waals surface area contributed by atoms with Crippen molar-refractivity contribution in [3.8, 4) is 5.75 Å². The van der Waals surface area contributed by atoms with E-state index in [4.69, 9.17) is 20.4 Å². The SMILES string of the molecule is CC1=CCC(C(=O)Nc2cccc(OC(F)(F)F)c2)O1.NC1=NC2(CCC(c3ccccc3)CC2)n2c(nc3ccccc32)N1. The number of nitrogens with two attached hydrogens (primary N) is 1. The third-order valence-electron chi connectivity index (χ3n) is 8.18. The Morgan fingerprint density at radius 1 is 1.07 bits per heavy atom. The predicted octanol–water partition coefficient (Wildman–Crippen LogP) is 7.00. The number of ether oxygens (including phenoxy) is 2. The predicted molar refractivity (Wildman–Crippen MR) is 166 cm³/mol. The van der Waals surface area contributed by atoms with Crippen LogP contribution >= 0.6 is 0 Å². The number of hydrogen-bond acceptors (Lipinski definition) is 7. The first kappa shape index (κ1) is 30.0. The van der Waals surface area contributed by atoms with Crippen LogP contribution in [-0.4, -0.2) is 33.9 Å². The lowest BCUT2D eigenvalue weighted by Gasteiger charge is -2.41. The number of para-hydroxylation sites is 2. The summed E-state index contributed by atoms with van der Waals surface area (Å²) in [7, 11) is 0. The first-order valence-electron chi connectivity index (χ1n) is 14.7. The number of imidazole rings is 1. The topological polar surface area (TPSA) is 116 Å². The number of halogens is 3. The first-order chi connectivity index (χ1) is 21.6. The van der Waals surface area contributed by atoms with Gasteiger partial charge in [0, 0.05) is 18.2 Å². The Morgan fingerprint density at radius 2 is 1.80 bits per heavy atom. The van der Waals surface area contributed by atoms with Crippen LogP contribution < -0.4 is 21.1 Å². The number of allylic oxidation sites excluding steroid dienone is 1.